The number of primary amides is 1. The molecule has 18 heavy (non-hydrogen) atoms. The van der Waals surface area contributed by atoms with Crippen molar-refractivity contribution < 1.29 is 4.79 Å². The van der Waals surface area contributed by atoms with Gasteiger partial charge in [-0.2, -0.15) is 0 Å². The zero-order valence-corrected chi connectivity index (χ0v) is 11.2. The lowest BCUT2D eigenvalue weighted by Crippen LogP contribution is -2.17. The number of amides is 1. The van der Waals surface area contributed by atoms with Gasteiger partial charge in [0.1, 0.15) is 17.5 Å². The molecule has 0 fully saturated rings. The first-order chi connectivity index (χ1) is 8.58. The van der Waals surface area contributed by atoms with Crippen molar-refractivity contribution in [2.75, 3.05) is 24.2 Å². The van der Waals surface area contributed by atoms with Crippen LogP contribution in [0.4, 0.5) is 11.6 Å². The van der Waals surface area contributed by atoms with E-state index in [1.165, 1.54) is 0 Å². The van der Waals surface area contributed by atoms with E-state index in [9.17, 15) is 4.79 Å². The second-order valence-electron chi connectivity index (χ2n) is 4.11. The van der Waals surface area contributed by atoms with E-state index in [4.69, 9.17) is 5.73 Å². The summed E-state index contributed by atoms with van der Waals surface area (Å²) in [5, 5.41) is 6.18. The third-order valence-electron chi connectivity index (χ3n) is 2.57. The molecule has 1 rings (SSSR count). The lowest BCUT2D eigenvalue weighted by molar-refractivity contribution is -0.117. The molecular weight excluding hydrogens is 230 g/mol. The molecule has 0 aliphatic heterocycles. The number of anilines is 2. The third-order valence-corrected chi connectivity index (χ3v) is 2.57. The molecule has 1 heterocycles. The zero-order valence-electron chi connectivity index (χ0n) is 11.2. The molecule has 100 valence electrons. The fourth-order valence-corrected chi connectivity index (χ4v) is 1.62. The number of aromatic nitrogens is 2. The number of aryl methyl sites for hydroxylation is 1. The minimum Gasteiger partial charge on any atom is -0.373 e. The third kappa shape index (κ3) is 3.87. The molecule has 0 atom stereocenters. The molecule has 0 aromatic carbocycles. The van der Waals surface area contributed by atoms with Crippen molar-refractivity contribution in [2.24, 2.45) is 5.73 Å². The molecule has 0 aliphatic rings. The van der Waals surface area contributed by atoms with Gasteiger partial charge >= 0.3 is 0 Å². The van der Waals surface area contributed by atoms with Crippen LogP contribution in [-0.2, 0) is 11.2 Å². The van der Waals surface area contributed by atoms with E-state index in [-0.39, 0.29) is 5.91 Å². The predicted molar refractivity (Wildman–Crippen MR) is 72.6 cm³/mol. The summed E-state index contributed by atoms with van der Waals surface area (Å²) < 4.78 is 0. The first-order valence-corrected chi connectivity index (χ1v) is 6.15. The van der Waals surface area contributed by atoms with Crippen LogP contribution < -0.4 is 16.4 Å². The van der Waals surface area contributed by atoms with E-state index >= 15 is 0 Å². The number of hydrogen-bond acceptors (Lipinski definition) is 5. The maximum Gasteiger partial charge on any atom is 0.219 e. The highest BCUT2D eigenvalue weighted by molar-refractivity contribution is 5.74. The van der Waals surface area contributed by atoms with Gasteiger partial charge in [0.2, 0.25) is 5.91 Å². The highest BCUT2D eigenvalue weighted by Crippen LogP contribution is 2.19. The topological polar surface area (TPSA) is 92.9 Å². The summed E-state index contributed by atoms with van der Waals surface area (Å²) in [7, 11) is 1.83. The number of rotatable bonds is 7. The molecular formula is C12H21N5O. The molecule has 0 bridgehead atoms. The van der Waals surface area contributed by atoms with E-state index in [0.717, 1.165) is 35.9 Å². The van der Waals surface area contributed by atoms with Crippen molar-refractivity contribution in [3.05, 3.63) is 11.4 Å². The van der Waals surface area contributed by atoms with Gasteiger partial charge in [0, 0.05) is 32.0 Å². The van der Waals surface area contributed by atoms with Crippen molar-refractivity contribution in [1.29, 1.82) is 0 Å². The van der Waals surface area contributed by atoms with Gasteiger partial charge in [0.15, 0.2) is 0 Å². The Balaban J connectivity index is 2.86. The van der Waals surface area contributed by atoms with Crippen molar-refractivity contribution >= 4 is 17.5 Å². The minimum atomic E-state index is -0.322. The Labute approximate surface area is 107 Å². The Morgan fingerprint density at radius 2 is 2.00 bits per heavy atom. The van der Waals surface area contributed by atoms with Gasteiger partial charge in [0.05, 0.1) is 0 Å². The fourth-order valence-electron chi connectivity index (χ4n) is 1.62. The van der Waals surface area contributed by atoms with E-state index in [1.54, 1.807) is 0 Å². The summed E-state index contributed by atoms with van der Waals surface area (Å²) in [6, 6.07) is 0. The summed E-state index contributed by atoms with van der Waals surface area (Å²) in [4.78, 5) is 19.6. The second kappa shape index (κ2) is 6.78. The van der Waals surface area contributed by atoms with E-state index < -0.39 is 0 Å². The van der Waals surface area contributed by atoms with Gasteiger partial charge in [0.25, 0.3) is 0 Å². The van der Waals surface area contributed by atoms with Crippen molar-refractivity contribution in [2.45, 2.75) is 33.1 Å². The Morgan fingerprint density at radius 1 is 1.33 bits per heavy atom. The quantitative estimate of drug-likeness (QED) is 0.674. The fraction of sp³-hybridized carbons (Fsp3) is 0.583. The van der Waals surface area contributed by atoms with Crippen LogP contribution in [0.3, 0.4) is 0 Å². The lowest BCUT2D eigenvalue weighted by atomic mass is 10.2. The zero-order chi connectivity index (χ0) is 13.5. The first kappa shape index (κ1) is 14.2. The van der Waals surface area contributed by atoms with E-state index in [1.807, 2.05) is 14.0 Å². The van der Waals surface area contributed by atoms with Crippen molar-refractivity contribution in [3.63, 3.8) is 0 Å². The molecule has 0 spiro atoms. The highest BCUT2D eigenvalue weighted by atomic mass is 16.1. The Morgan fingerprint density at radius 3 is 2.56 bits per heavy atom. The predicted octanol–water partition coefficient (Wildman–Crippen LogP) is 1.07. The van der Waals surface area contributed by atoms with E-state index in [0.29, 0.717) is 13.0 Å². The molecule has 0 saturated carbocycles. The number of nitrogens with one attached hydrogen (secondary N) is 2. The average molecular weight is 251 g/mol. The average Bonchev–Trinajstić information content (AvgIpc) is 2.32. The van der Waals surface area contributed by atoms with Gasteiger partial charge in [-0.05, 0) is 13.3 Å². The highest BCUT2D eigenvalue weighted by Gasteiger charge is 2.09. The summed E-state index contributed by atoms with van der Waals surface area (Å²) in [6.45, 7) is 4.51. The molecule has 6 nitrogen and oxygen atoms in total. The number of carbonyl (C=O) groups is 1. The Bertz CT molecular complexity index is 419. The lowest BCUT2D eigenvalue weighted by Gasteiger charge is -2.13. The first-order valence-electron chi connectivity index (χ1n) is 6.15. The Hall–Kier alpha value is -1.85. The van der Waals surface area contributed by atoms with Gasteiger partial charge < -0.3 is 16.4 Å². The maximum absolute atomic E-state index is 10.7. The normalized spacial score (nSPS) is 10.2. The monoisotopic (exact) mass is 251 g/mol. The number of carbonyl (C=O) groups excluding carboxylic acids is 1. The van der Waals surface area contributed by atoms with Crippen LogP contribution in [0.25, 0.3) is 0 Å². The summed E-state index contributed by atoms with van der Waals surface area (Å²) in [5.74, 6) is 2.06. The molecule has 1 aromatic rings. The summed E-state index contributed by atoms with van der Waals surface area (Å²) >= 11 is 0. The largest absolute Gasteiger partial charge is 0.373 e. The Kier molecular flexibility index (Phi) is 5.35. The number of nitrogens with zero attached hydrogens (tertiary/aromatic N) is 2. The standard InChI is InChI=1S/C12H21N5O/c1-4-5-10-16-11(14-3)8(2)12(17-10)15-7-6-9(13)18/h4-7H2,1-3H3,(H2,13,18)(H2,14,15,16,17). The van der Waals surface area contributed by atoms with Crippen LogP contribution in [0.15, 0.2) is 0 Å². The minimum absolute atomic E-state index is 0.293. The smallest absolute Gasteiger partial charge is 0.219 e. The van der Waals surface area contributed by atoms with Gasteiger partial charge in [-0.3, -0.25) is 4.79 Å². The molecule has 1 amide bonds. The van der Waals surface area contributed by atoms with Crippen LogP contribution in [0.2, 0.25) is 0 Å². The molecule has 6 heteroatoms. The van der Waals surface area contributed by atoms with Crippen LogP contribution >= 0.6 is 0 Å². The van der Waals surface area contributed by atoms with Gasteiger partial charge in [-0.25, -0.2) is 9.97 Å². The van der Waals surface area contributed by atoms with Crippen LogP contribution in [0, 0.1) is 6.92 Å². The van der Waals surface area contributed by atoms with Crippen molar-refractivity contribution in [1.82, 2.24) is 9.97 Å². The van der Waals surface area contributed by atoms with Crippen LogP contribution in [0.1, 0.15) is 31.2 Å². The van der Waals surface area contributed by atoms with Gasteiger partial charge in [-0.15, -0.1) is 0 Å². The number of nitrogens with two attached hydrogens (primary N) is 1. The maximum atomic E-state index is 10.7. The molecule has 1 aromatic heterocycles. The number of hydrogen-bond donors (Lipinski definition) is 3. The van der Waals surface area contributed by atoms with Gasteiger partial charge in [-0.1, -0.05) is 6.92 Å². The van der Waals surface area contributed by atoms with Crippen LogP contribution in [-0.4, -0.2) is 29.5 Å². The molecule has 0 saturated heterocycles. The van der Waals surface area contributed by atoms with E-state index in [2.05, 4.69) is 27.5 Å². The second-order valence-corrected chi connectivity index (χ2v) is 4.11. The van der Waals surface area contributed by atoms with Crippen molar-refractivity contribution in [3.8, 4) is 0 Å². The summed E-state index contributed by atoms with van der Waals surface area (Å²) in [5.41, 5.74) is 6.05. The van der Waals surface area contributed by atoms with Crippen LogP contribution in [0.5, 0.6) is 0 Å². The molecule has 0 unspecified atom stereocenters. The summed E-state index contributed by atoms with van der Waals surface area (Å²) in [6.07, 6.45) is 2.12. The SMILES string of the molecule is CCCc1nc(NC)c(C)c(NCCC(N)=O)n1. The molecule has 0 aliphatic carbocycles. The molecule has 0 radical (unpaired) electrons. The molecule has 4 N–H and O–H groups in total.